The van der Waals surface area contributed by atoms with Crippen molar-refractivity contribution in [1.82, 2.24) is 4.90 Å². The molecule has 4 nitrogen and oxygen atoms in total. The van der Waals surface area contributed by atoms with Gasteiger partial charge in [0, 0.05) is 38.0 Å². The zero-order valence-electron chi connectivity index (χ0n) is 16.5. The van der Waals surface area contributed by atoms with Gasteiger partial charge in [0.25, 0.3) is 5.91 Å². The van der Waals surface area contributed by atoms with Gasteiger partial charge in [-0.05, 0) is 60.3 Å². The molecule has 3 aromatic rings. The van der Waals surface area contributed by atoms with Crippen LogP contribution in [0, 0.1) is 0 Å². The highest BCUT2D eigenvalue weighted by molar-refractivity contribution is 7.17. The van der Waals surface area contributed by atoms with Crippen LogP contribution in [0.4, 0.5) is 5.69 Å². The third-order valence-electron chi connectivity index (χ3n) is 6.03. The van der Waals surface area contributed by atoms with Crippen LogP contribution in [0.2, 0.25) is 0 Å². The van der Waals surface area contributed by atoms with Crippen LogP contribution in [-0.2, 0) is 6.42 Å². The molecule has 0 bridgehead atoms. The highest BCUT2D eigenvalue weighted by Gasteiger charge is 2.19. The Hall–Kier alpha value is -2.50. The average Bonchev–Trinajstić information content (AvgIpc) is 3.38. The van der Waals surface area contributed by atoms with Crippen LogP contribution < -0.4 is 4.90 Å². The van der Waals surface area contributed by atoms with E-state index < -0.39 is 0 Å². The van der Waals surface area contributed by atoms with Crippen molar-refractivity contribution in [3.8, 4) is 0 Å². The molecule has 0 aliphatic carbocycles. The van der Waals surface area contributed by atoms with E-state index >= 15 is 0 Å². The SMILES string of the molecule is O=C1N=Cc2ccc(CCCCN3CCN(c4cccc5ccsc45)CC3)cc21. The Balaban J connectivity index is 1.09. The van der Waals surface area contributed by atoms with Crippen molar-refractivity contribution in [2.45, 2.75) is 19.3 Å². The van der Waals surface area contributed by atoms with E-state index in [2.05, 4.69) is 50.5 Å². The molecule has 1 fully saturated rings. The summed E-state index contributed by atoms with van der Waals surface area (Å²) in [6.45, 7) is 5.62. The lowest BCUT2D eigenvalue weighted by Gasteiger charge is -2.36. The second-order valence-corrected chi connectivity index (χ2v) is 8.80. The summed E-state index contributed by atoms with van der Waals surface area (Å²) in [6, 6.07) is 15.0. The van der Waals surface area contributed by atoms with Crippen LogP contribution in [0.25, 0.3) is 10.1 Å². The predicted molar refractivity (Wildman–Crippen MR) is 122 cm³/mol. The number of carbonyl (C=O) groups excluding carboxylic acids is 1. The second-order valence-electron chi connectivity index (χ2n) is 7.89. The molecule has 0 saturated carbocycles. The maximum absolute atomic E-state index is 11.7. The number of aliphatic imine (C=N–C) groups is 1. The first-order valence-corrected chi connectivity index (χ1v) is 11.3. The molecule has 0 spiro atoms. The third kappa shape index (κ3) is 3.85. The van der Waals surface area contributed by atoms with Gasteiger partial charge in [-0.2, -0.15) is 0 Å². The Morgan fingerprint density at radius 3 is 2.79 bits per heavy atom. The largest absolute Gasteiger partial charge is 0.368 e. The van der Waals surface area contributed by atoms with Crippen molar-refractivity contribution in [1.29, 1.82) is 0 Å². The number of hydrogen-bond donors (Lipinski definition) is 0. The summed E-state index contributed by atoms with van der Waals surface area (Å²) >= 11 is 1.85. The van der Waals surface area contributed by atoms with Crippen molar-refractivity contribution < 1.29 is 4.79 Å². The number of hydrogen-bond acceptors (Lipinski definition) is 4. The van der Waals surface area contributed by atoms with E-state index in [0.29, 0.717) is 0 Å². The zero-order valence-corrected chi connectivity index (χ0v) is 17.3. The van der Waals surface area contributed by atoms with Gasteiger partial charge in [0.15, 0.2) is 0 Å². The zero-order chi connectivity index (χ0) is 19.6. The van der Waals surface area contributed by atoms with E-state index in [4.69, 9.17) is 0 Å². The number of piperazine rings is 1. The Labute approximate surface area is 175 Å². The fourth-order valence-corrected chi connectivity index (χ4v) is 5.30. The van der Waals surface area contributed by atoms with Crippen molar-refractivity contribution in [3.63, 3.8) is 0 Å². The number of amides is 1. The summed E-state index contributed by atoms with van der Waals surface area (Å²) < 4.78 is 1.42. The molecule has 5 rings (SSSR count). The van der Waals surface area contributed by atoms with E-state index in [1.807, 2.05) is 23.5 Å². The molecule has 1 amide bonds. The van der Waals surface area contributed by atoms with Gasteiger partial charge in [-0.25, -0.2) is 4.99 Å². The normalized spacial score (nSPS) is 16.7. The number of carbonyl (C=O) groups is 1. The van der Waals surface area contributed by atoms with Gasteiger partial charge >= 0.3 is 0 Å². The summed E-state index contributed by atoms with van der Waals surface area (Å²) in [4.78, 5) is 20.7. The van der Waals surface area contributed by atoms with Crippen molar-refractivity contribution in [2.24, 2.45) is 4.99 Å². The first kappa shape index (κ1) is 18.5. The Kier molecular flexibility index (Phi) is 5.17. The van der Waals surface area contributed by atoms with Crippen LogP contribution >= 0.6 is 11.3 Å². The van der Waals surface area contributed by atoms with Crippen LogP contribution in [0.1, 0.15) is 34.3 Å². The number of benzene rings is 2. The molecule has 1 saturated heterocycles. The molecule has 1 aromatic heterocycles. The van der Waals surface area contributed by atoms with Crippen LogP contribution in [0.5, 0.6) is 0 Å². The summed E-state index contributed by atoms with van der Waals surface area (Å²) in [5.41, 5.74) is 4.36. The van der Waals surface area contributed by atoms with Gasteiger partial charge in [0.1, 0.15) is 0 Å². The molecular formula is C24H25N3OS. The van der Waals surface area contributed by atoms with Crippen molar-refractivity contribution in [2.75, 3.05) is 37.6 Å². The topological polar surface area (TPSA) is 35.9 Å². The molecule has 5 heteroatoms. The fraction of sp³-hybridized carbons (Fsp3) is 0.333. The monoisotopic (exact) mass is 403 g/mol. The maximum atomic E-state index is 11.7. The summed E-state index contributed by atoms with van der Waals surface area (Å²) in [5.74, 6) is -0.0991. The highest BCUT2D eigenvalue weighted by atomic mass is 32.1. The molecule has 2 aromatic carbocycles. The molecule has 3 heterocycles. The van der Waals surface area contributed by atoms with Gasteiger partial charge in [-0.15, -0.1) is 11.3 Å². The van der Waals surface area contributed by atoms with Crippen molar-refractivity contribution >= 4 is 39.2 Å². The van der Waals surface area contributed by atoms with Crippen LogP contribution in [0.15, 0.2) is 52.8 Å². The van der Waals surface area contributed by atoms with Gasteiger partial charge in [0.2, 0.25) is 0 Å². The highest BCUT2D eigenvalue weighted by Crippen LogP contribution is 2.32. The minimum atomic E-state index is -0.0991. The molecule has 0 unspecified atom stereocenters. The van der Waals surface area contributed by atoms with E-state index in [0.717, 1.165) is 56.7 Å². The number of anilines is 1. The number of thiophene rings is 1. The van der Waals surface area contributed by atoms with Gasteiger partial charge in [-0.1, -0.05) is 24.3 Å². The minimum Gasteiger partial charge on any atom is -0.368 e. The Bertz CT molecular complexity index is 1060. The maximum Gasteiger partial charge on any atom is 0.277 e. The molecule has 2 aliphatic heterocycles. The quantitative estimate of drug-likeness (QED) is 0.564. The smallest absolute Gasteiger partial charge is 0.277 e. The number of aryl methyl sites for hydroxylation is 1. The number of unbranched alkanes of at least 4 members (excludes halogenated alkanes) is 1. The first-order valence-electron chi connectivity index (χ1n) is 10.4. The first-order chi connectivity index (χ1) is 14.3. The summed E-state index contributed by atoms with van der Waals surface area (Å²) in [5, 5.41) is 3.55. The lowest BCUT2D eigenvalue weighted by Crippen LogP contribution is -2.46. The standard InChI is InChI=1S/C24H25N3OS/c28-24-21-16-18(7-8-20(21)17-25-24)4-1-2-10-26-11-13-27(14-12-26)22-6-3-5-19-9-15-29-23(19)22/h3,5-9,15-17H,1-2,4,10-14H2. The molecular weight excluding hydrogens is 378 g/mol. The Morgan fingerprint density at radius 2 is 1.90 bits per heavy atom. The molecule has 148 valence electrons. The van der Waals surface area contributed by atoms with Gasteiger partial charge < -0.3 is 4.90 Å². The van der Waals surface area contributed by atoms with Crippen LogP contribution in [-0.4, -0.2) is 49.7 Å². The Morgan fingerprint density at radius 1 is 1.00 bits per heavy atom. The summed E-state index contributed by atoms with van der Waals surface area (Å²) in [6.07, 6.45) is 5.05. The fourth-order valence-electron chi connectivity index (χ4n) is 4.36. The summed E-state index contributed by atoms with van der Waals surface area (Å²) in [7, 11) is 0. The minimum absolute atomic E-state index is 0.0991. The number of nitrogens with zero attached hydrogens (tertiary/aromatic N) is 3. The van der Waals surface area contributed by atoms with E-state index in [9.17, 15) is 4.79 Å². The van der Waals surface area contributed by atoms with Gasteiger partial charge in [-0.3, -0.25) is 9.69 Å². The van der Waals surface area contributed by atoms with Gasteiger partial charge in [0.05, 0.1) is 16.0 Å². The lowest BCUT2D eigenvalue weighted by atomic mass is 10.0. The van der Waals surface area contributed by atoms with Crippen LogP contribution in [0.3, 0.4) is 0 Å². The molecule has 2 aliphatic rings. The molecule has 29 heavy (non-hydrogen) atoms. The predicted octanol–water partition coefficient (Wildman–Crippen LogP) is 4.62. The lowest BCUT2D eigenvalue weighted by molar-refractivity contribution is 0.101. The molecule has 0 atom stereocenters. The number of rotatable bonds is 6. The molecule has 0 N–H and O–H groups in total. The van der Waals surface area contributed by atoms with E-state index in [1.165, 1.54) is 27.8 Å². The second kappa shape index (κ2) is 8.09. The number of fused-ring (bicyclic) bond motifs is 2. The average molecular weight is 404 g/mol. The molecule has 0 radical (unpaired) electrons. The third-order valence-corrected chi connectivity index (χ3v) is 6.98. The van der Waals surface area contributed by atoms with E-state index in [-0.39, 0.29) is 5.91 Å². The van der Waals surface area contributed by atoms with E-state index in [1.54, 1.807) is 6.21 Å². The van der Waals surface area contributed by atoms with Crippen molar-refractivity contribution in [3.05, 3.63) is 64.5 Å².